The van der Waals surface area contributed by atoms with Crippen LogP contribution >= 0.6 is 0 Å². The van der Waals surface area contributed by atoms with Crippen molar-refractivity contribution < 1.29 is 4.74 Å². The highest BCUT2D eigenvalue weighted by atomic mass is 16.5. The molecule has 0 amide bonds. The maximum absolute atomic E-state index is 6.05. The van der Waals surface area contributed by atoms with Crippen molar-refractivity contribution in [1.29, 1.82) is 0 Å². The molecule has 0 fully saturated rings. The number of ether oxygens (including phenoxy) is 1. The van der Waals surface area contributed by atoms with E-state index in [-0.39, 0.29) is 0 Å². The number of anilines is 2. The van der Waals surface area contributed by atoms with Crippen molar-refractivity contribution in [2.45, 2.75) is 33.6 Å². The van der Waals surface area contributed by atoms with Gasteiger partial charge in [-0.2, -0.15) is 0 Å². The summed E-state index contributed by atoms with van der Waals surface area (Å²) < 4.78 is 5.59. The summed E-state index contributed by atoms with van der Waals surface area (Å²) in [5, 5.41) is 3.36. The van der Waals surface area contributed by atoms with Crippen molar-refractivity contribution in [3.05, 3.63) is 18.2 Å². The number of hydrogen-bond acceptors (Lipinski definition) is 3. The van der Waals surface area contributed by atoms with Crippen LogP contribution in [0.2, 0.25) is 0 Å². The van der Waals surface area contributed by atoms with Gasteiger partial charge in [0.2, 0.25) is 0 Å². The zero-order chi connectivity index (χ0) is 12.7. The quantitative estimate of drug-likeness (QED) is 0.712. The zero-order valence-electron chi connectivity index (χ0n) is 11.1. The molecule has 0 saturated carbocycles. The van der Waals surface area contributed by atoms with Crippen molar-refractivity contribution in [3.8, 4) is 5.75 Å². The summed E-state index contributed by atoms with van der Waals surface area (Å²) in [5.74, 6) is 1.48. The van der Waals surface area contributed by atoms with Gasteiger partial charge < -0.3 is 15.8 Å². The third-order valence-corrected chi connectivity index (χ3v) is 2.56. The van der Waals surface area contributed by atoms with Crippen LogP contribution in [0.25, 0.3) is 0 Å². The van der Waals surface area contributed by atoms with Crippen LogP contribution < -0.4 is 15.8 Å². The van der Waals surface area contributed by atoms with Crippen LogP contribution in [0, 0.1) is 5.92 Å². The Hall–Kier alpha value is -1.38. The molecule has 0 spiro atoms. The first-order chi connectivity index (χ1) is 8.15. The highest BCUT2D eigenvalue weighted by Gasteiger charge is 2.05. The Bertz CT molecular complexity index is 337. The maximum atomic E-state index is 6.05. The molecule has 96 valence electrons. The minimum absolute atomic E-state index is 0.697. The van der Waals surface area contributed by atoms with Gasteiger partial charge in [-0.25, -0.2) is 0 Å². The molecule has 3 nitrogen and oxygen atoms in total. The summed E-state index contributed by atoms with van der Waals surface area (Å²) >= 11 is 0. The van der Waals surface area contributed by atoms with Crippen LogP contribution in [-0.4, -0.2) is 13.2 Å². The Kier molecular flexibility index (Phi) is 5.67. The van der Waals surface area contributed by atoms with Crippen LogP contribution in [0.1, 0.15) is 33.6 Å². The number of nitrogens with one attached hydrogen (secondary N) is 1. The number of rotatable bonds is 7. The lowest BCUT2D eigenvalue weighted by molar-refractivity contribution is 0.319. The predicted molar refractivity (Wildman–Crippen MR) is 74.6 cm³/mol. The van der Waals surface area contributed by atoms with Gasteiger partial charge in [0.25, 0.3) is 0 Å². The Labute approximate surface area is 104 Å². The molecule has 0 aliphatic heterocycles. The standard InChI is InChI=1S/C14H24N2O/c1-4-10-17-13-7-5-6-12(14(13)15)16-9-8-11(2)3/h5-7,11,16H,4,8-10,15H2,1-3H3. The summed E-state index contributed by atoms with van der Waals surface area (Å²) in [6, 6.07) is 5.88. The first-order valence-electron chi connectivity index (χ1n) is 6.40. The largest absolute Gasteiger partial charge is 0.491 e. The van der Waals surface area contributed by atoms with Crippen molar-refractivity contribution in [3.63, 3.8) is 0 Å². The summed E-state index contributed by atoms with van der Waals surface area (Å²) in [5.41, 5.74) is 7.74. The summed E-state index contributed by atoms with van der Waals surface area (Å²) in [6.45, 7) is 8.16. The van der Waals surface area contributed by atoms with E-state index >= 15 is 0 Å². The SMILES string of the molecule is CCCOc1cccc(NCCC(C)C)c1N. The van der Waals surface area contributed by atoms with Gasteiger partial charge in [-0.15, -0.1) is 0 Å². The number of benzene rings is 1. The molecule has 17 heavy (non-hydrogen) atoms. The second-order valence-electron chi connectivity index (χ2n) is 4.68. The second kappa shape index (κ2) is 7.05. The fraction of sp³-hybridized carbons (Fsp3) is 0.571. The van der Waals surface area contributed by atoms with E-state index in [0.29, 0.717) is 18.2 Å². The summed E-state index contributed by atoms with van der Waals surface area (Å²) in [6.07, 6.45) is 2.13. The third-order valence-electron chi connectivity index (χ3n) is 2.56. The molecule has 0 heterocycles. The van der Waals surface area contributed by atoms with Crippen LogP contribution in [0.5, 0.6) is 5.75 Å². The molecule has 0 radical (unpaired) electrons. The number of nitrogen functional groups attached to an aromatic ring is 1. The average Bonchev–Trinajstić information content (AvgIpc) is 2.29. The molecule has 0 saturated heterocycles. The highest BCUT2D eigenvalue weighted by molar-refractivity contribution is 5.72. The van der Waals surface area contributed by atoms with Crippen molar-refractivity contribution in [2.24, 2.45) is 5.92 Å². The second-order valence-corrected chi connectivity index (χ2v) is 4.68. The van der Waals surface area contributed by atoms with Gasteiger partial charge in [0.1, 0.15) is 5.75 Å². The number of para-hydroxylation sites is 1. The lowest BCUT2D eigenvalue weighted by atomic mass is 10.1. The third kappa shape index (κ3) is 4.55. The number of nitrogens with two attached hydrogens (primary N) is 1. The van der Waals surface area contributed by atoms with E-state index in [4.69, 9.17) is 10.5 Å². The van der Waals surface area contributed by atoms with E-state index in [9.17, 15) is 0 Å². The summed E-state index contributed by atoms with van der Waals surface area (Å²) in [4.78, 5) is 0. The molecule has 1 aromatic rings. The summed E-state index contributed by atoms with van der Waals surface area (Å²) in [7, 11) is 0. The lowest BCUT2D eigenvalue weighted by Gasteiger charge is -2.14. The molecule has 3 heteroatoms. The average molecular weight is 236 g/mol. The van der Waals surface area contributed by atoms with Gasteiger partial charge in [0, 0.05) is 6.54 Å². The molecule has 0 unspecified atom stereocenters. The van der Waals surface area contributed by atoms with Crippen LogP contribution in [-0.2, 0) is 0 Å². The van der Waals surface area contributed by atoms with Crippen LogP contribution in [0.4, 0.5) is 11.4 Å². The van der Waals surface area contributed by atoms with Crippen LogP contribution in [0.3, 0.4) is 0 Å². The van der Waals surface area contributed by atoms with E-state index in [1.165, 1.54) is 0 Å². The van der Waals surface area contributed by atoms with Crippen molar-refractivity contribution in [2.75, 3.05) is 24.2 Å². The minimum atomic E-state index is 0.697. The smallest absolute Gasteiger partial charge is 0.144 e. The first-order valence-corrected chi connectivity index (χ1v) is 6.40. The molecule has 1 rings (SSSR count). The molecule has 0 aliphatic rings. The number of hydrogen-bond donors (Lipinski definition) is 2. The normalized spacial score (nSPS) is 10.6. The van der Waals surface area contributed by atoms with E-state index in [0.717, 1.165) is 30.8 Å². The Morgan fingerprint density at radius 2 is 2.12 bits per heavy atom. The predicted octanol–water partition coefficient (Wildman–Crippen LogP) is 3.52. The monoisotopic (exact) mass is 236 g/mol. The molecule has 0 aromatic heterocycles. The molecule has 1 aromatic carbocycles. The van der Waals surface area contributed by atoms with Gasteiger partial charge in [-0.1, -0.05) is 26.8 Å². The Morgan fingerprint density at radius 1 is 1.35 bits per heavy atom. The van der Waals surface area contributed by atoms with E-state index < -0.39 is 0 Å². The Balaban J connectivity index is 2.59. The van der Waals surface area contributed by atoms with Crippen molar-refractivity contribution >= 4 is 11.4 Å². The van der Waals surface area contributed by atoms with Gasteiger partial charge in [0.05, 0.1) is 18.0 Å². The molecular weight excluding hydrogens is 212 g/mol. The van der Waals surface area contributed by atoms with E-state index in [1.807, 2.05) is 18.2 Å². The van der Waals surface area contributed by atoms with Gasteiger partial charge in [0.15, 0.2) is 0 Å². The molecule has 0 bridgehead atoms. The molecule has 3 N–H and O–H groups in total. The Morgan fingerprint density at radius 3 is 2.76 bits per heavy atom. The van der Waals surface area contributed by atoms with Gasteiger partial charge >= 0.3 is 0 Å². The molecule has 0 atom stereocenters. The van der Waals surface area contributed by atoms with E-state index in [1.54, 1.807) is 0 Å². The van der Waals surface area contributed by atoms with E-state index in [2.05, 4.69) is 26.1 Å². The highest BCUT2D eigenvalue weighted by Crippen LogP contribution is 2.29. The van der Waals surface area contributed by atoms with Gasteiger partial charge in [-0.3, -0.25) is 0 Å². The molecule has 0 aliphatic carbocycles. The topological polar surface area (TPSA) is 47.3 Å². The van der Waals surface area contributed by atoms with Gasteiger partial charge in [-0.05, 0) is 30.9 Å². The maximum Gasteiger partial charge on any atom is 0.144 e. The minimum Gasteiger partial charge on any atom is -0.491 e. The lowest BCUT2D eigenvalue weighted by Crippen LogP contribution is -2.08. The van der Waals surface area contributed by atoms with Crippen LogP contribution in [0.15, 0.2) is 18.2 Å². The fourth-order valence-electron chi connectivity index (χ4n) is 1.53. The first kappa shape index (κ1) is 13.7. The molecular formula is C14H24N2O. The van der Waals surface area contributed by atoms with Crippen molar-refractivity contribution in [1.82, 2.24) is 0 Å². The zero-order valence-corrected chi connectivity index (χ0v) is 11.1. The fourth-order valence-corrected chi connectivity index (χ4v) is 1.53.